The summed E-state index contributed by atoms with van der Waals surface area (Å²) in [4.78, 5) is 36.9. The molecule has 3 aliphatic rings. The highest BCUT2D eigenvalue weighted by Gasteiger charge is 2.43. The van der Waals surface area contributed by atoms with Crippen LogP contribution in [0, 0.1) is 0 Å². The number of nitrogens with zero attached hydrogens (tertiary/aromatic N) is 4. The third-order valence-electron chi connectivity index (χ3n) is 7.25. The Bertz CT molecular complexity index is 1180. The molecule has 2 unspecified atom stereocenters. The summed E-state index contributed by atoms with van der Waals surface area (Å²) in [6.07, 6.45) is 5.71. The first-order valence-corrected chi connectivity index (χ1v) is 11.6. The van der Waals surface area contributed by atoms with E-state index in [1.165, 1.54) is 23.3 Å². The van der Waals surface area contributed by atoms with Crippen LogP contribution >= 0.6 is 0 Å². The number of fused-ring (bicyclic) bond motifs is 3. The molecular formula is C27H26N4O2. The van der Waals surface area contributed by atoms with Crippen molar-refractivity contribution in [3.63, 3.8) is 0 Å². The fraction of sp³-hybridized carbons (Fsp3) is 0.296. The van der Waals surface area contributed by atoms with E-state index >= 15 is 0 Å². The Morgan fingerprint density at radius 2 is 1.45 bits per heavy atom. The maximum atomic E-state index is 13.4. The molecule has 166 valence electrons. The minimum absolute atomic E-state index is 0.193. The van der Waals surface area contributed by atoms with Crippen LogP contribution in [0.1, 0.15) is 44.7 Å². The van der Waals surface area contributed by atoms with Gasteiger partial charge < -0.3 is 4.90 Å². The van der Waals surface area contributed by atoms with Gasteiger partial charge in [0.2, 0.25) is 0 Å². The second kappa shape index (κ2) is 8.12. The molecule has 2 aromatic carbocycles. The van der Waals surface area contributed by atoms with E-state index in [-0.39, 0.29) is 18.4 Å². The maximum absolute atomic E-state index is 13.4. The topological polar surface area (TPSA) is 56.8 Å². The molecule has 6 nitrogen and oxygen atoms in total. The number of rotatable bonds is 5. The SMILES string of the molecule is O=C1c2cccc(N3CC4CCC(C3)N4Cc3ccccc3)c2C(=O)N1Cc1ccncc1. The van der Waals surface area contributed by atoms with E-state index in [1.807, 2.05) is 24.3 Å². The number of benzene rings is 2. The van der Waals surface area contributed by atoms with E-state index in [4.69, 9.17) is 0 Å². The summed E-state index contributed by atoms with van der Waals surface area (Å²) in [6, 6.07) is 20.9. The molecule has 2 fully saturated rings. The van der Waals surface area contributed by atoms with Crippen LogP contribution in [-0.2, 0) is 13.1 Å². The van der Waals surface area contributed by atoms with Crippen molar-refractivity contribution in [1.82, 2.24) is 14.8 Å². The van der Waals surface area contributed by atoms with E-state index in [9.17, 15) is 9.59 Å². The third kappa shape index (κ3) is 3.51. The Morgan fingerprint density at radius 1 is 0.758 bits per heavy atom. The first-order valence-electron chi connectivity index (χ1n) is 11.6. The van der Waals surface area contributed by atoms with Gasteiger partial charge in [-0.3, -0.25) is 24.4 Å². The van der Waals surface area contributed by atoms with Crippen molar-refractivity contribution >= 4 is 17.5 Å². The molecule has 2 amide bonds. The third-order valence-corrected chi connectivity index (χ3v) is 7.25. The van der Waals surface area contributed by atoms with Crippen molar-refractivity contribution in [2.75, 3.05) is 18.0 Å². The van der Waals surface area contributed by atoms with Crippen molar-refractivity contribution < 1.29 is 9.59 Å². The molecule has 0 spiro atoms. The molecule has 33 heavy (non-hydrogen) atoms. The van der Waals surface area contributed by atoms with Crippen molar-refractivity contribution in [3.8, 4) is 0 Å². The molecule has 6 rings (SSSR count). The molecule has 3 aliphatic heterocycles. The van der Waals surface area contributed by atoms with Crippen molar-refractivity contribution in [3.05, 3.63) is 95.3 Å². The summed E-state index contributed by atoms with van der Waals surface area (Å²) < 4.78 is 0. The predicted molar refractivity (Wildman–Crippen MR) is 126 cm³/mol. The fourth-order valence-corrected chi connectivity index (χ4v) is 5.63. The minimum Gasteiger partial charge on any atom is -0.368 e. The van der Waals surface area contributed by atoms with Gasteiger partial charge in [-0.25, -0.2) is 0 Å². The van der Waals surface area contributed by atoms with Crippen LogP contribution < -0.4 is 4.90 Å². The number of carbonyl (C=O) groups is 2. The second-order valence-electron chi connectivity index (χ2n) is 9.20. The molecule has 0 aliphatic carbocycles. The quantitative estimate of drug-likeness (QED) is 0.568. The molecule has 3 aromatic rings. The number of amides is 2. The van der Waals surface area contributed by atoms with E-state index in [0.29, 0.717) is 23.2 Å². The van der Waals surface area contributed by atoms with Crippen LogP contribution in [0.5, 0.6) is 0 Å². The number of hydrogen-bond acceptors (Lipinski definition) is 5. The van der Waals surface area contributed by atoms with Gasteiger partial charge in [-0.15, -0.1) is 0 Å². The number of hydrogen-bond donors (Lipinski definition) is 0. The monoisotopic (exact) mass is 438 g/mol. The molecule has 0 saturated carbocycles. The lowest BCUT2D eigenvalue weighted by Crippen LogP contribution is -2.53. The lowest BCUT2D eigenvalue weighted by Gasteiger charge is -2.42. The summed E-state index contributed by atoms with van der Waals surface area (Å²) in [5, 5.41) is 0. The summed E-state index contributed by atoms with van der Waals surface area (Å²) in [5.41, 5.74) is 4.22. The Balaban J connectivity index is 1.25. The van der Waals surface area contributed by atoms with Gasteiger partial charge in [-0.2, -0.15) is 0 Å². The largest absolute Gasteiger partial charge is 0.368 e. The van der Waals surface area contributed by atoms with Gasteiger partial charge in [0.05, 0.1) is 23.4 Å². The van der Waals surface area contributed by atoms with Gasteiger partial charge in [-0.05, 0) is 48.2 Å². The number of aromatic nitrogens is 1. The standard InChI is InChI=1S/C27H26N4O2/c32-26-23-7-4-8-24(25(23)27(33)31(26)16-20-11-13-28-14-12-20)29-17-21-9-10-22(18-29)30(21)15-19-5-2-1-3-6-19/h1-8,11-14,21-22H,9-10,15-18H2. The van der Waals surface area contributed by atoms with Crippen molar-refractivity contribution in [2.24, 2.45) is 0 Å². The van der Waals surface area contributed by atoms with E-state index in [1.54, 1.807) is 18.5 Å². The van der Waals surface area contributed by atoms with Crippen LogP contribution in [0.15, 0.2) is 73.1 Å². The highest BCUT2D eigenvalue weighted by atomic mass is 16.2. The second-order valence-corrected chi connectivity index (χ2v) is 9.20. The van der Waals surface area contributed by atoms with Gasteiger partial charge in [0, 0.05) is 44.1 Å². The van der Waals surface area contributed by atoms with Gasteiger partial charge >= 0.3 is 0 Å². The van der Waals surface area contributed by atoms with Gasteiger partial charge in [-0.1, -0.05) is 36.4 Å². The Kier molecular flexibility index (Phi) is 4.95. The number of anilines is 1. The number of imide groups is 1. The predicted octanol–water partition coefficient (Wildman–Crippen LogP) is 3.73. The Labute approximate surface area is 193 Å². The van der Waals surface area contributed by atoms with Gasteiger partial charge in [0.25, 0.3) is 11.8 Å². The first kappa shape index (κ1) is 20.1. The zero-order valence-corrected chi connectivity index (χ0v) is 18.4. The molecule has 6 heteroatoms. The van der Waals surface area contributed by atoms with E-state index < -0.39 is 0 Å². The lowest BCUT2D eigenvalue weighted by atomic mass is 10.0. The normalized spacial score (nSPS) is 22.2. The number of piperazine rings is 1. The van der Waals surface area contributed by atoms with Crippen LogP contribution in [0.2, 0.25) is 0 Å². The van der Waals surface area contributed by atoms with E-state index in [0.717, 1.165) is 30.9 Å². The number of carbonyl (C=O) groups excluding carboxylic acids is 2. The smallest absolute Gasteiger partial charge is 0.263 e. The van der Waals surface area contributed by atoms with Gasteiger partial charge in [0.1, 0.15) is 0 Å². The fourth-order valence-electron chi connectivity index (χ4n) is 5.63. The highest BCUT2D eigenvalue weighted by Crippen LogP contribution is 2.38. The molecular weight excluding hydrogens is 412 g/mol. The average molecular weight is 439 g/mol. The van der Waals surface area contributed by atoms with E-state index in [2.05, 4.69) is 45.1 Å². The van der Waals surface area contributed by atoms with Gasteiger partial charge in [0.15, 0.2) is 0 Å². The summed E-state index contributed by atoms with van der Waals surface area (Å²) >= 11 is 0. The van der Waals surface area contributed by atoms with Crippen LogP contribution in [0.4, 0.5) is 5.69 Å². The molecule has 0 radical (unpaired) electrons. The summed E-state index contributed by atoms with van der Waals surface area (Å²) in [6.45, 7) is 3.00. The molecule has 0 N–H and O–H groups in total. The summed E-state index contributed by atoms with van der Waals surface area (Å²) in [7, 11) is 0. The van der Waals surface area contributed by atoms with Crippen molar-refractivity contribution in [2.45, 2.75) is 38.0 Å². The lowest BCUT2D eigenvalue weighted by molar-refractivity contribution is 0.0642. The molecule has 2 saturated heterocycles. The highest BCUT2D eigenvalue weighted by molar-refractivity contribution is 6.23. The summed E-state index contributed by atoms with van der Waals surface area (Å²) in [5.74, 6) is -0.402. The molecule has 1 aromatic heterocycles. The van der Waals surface area contributed by atoms with Crippen LogP contribution in [0.25, 0.3) is 0 Å². The number of pyridine rings is 1. The first-order chi connectivity index (χ1) is 16.2. The van der Waals surface area contributed by atoms with Crippen molar-refractivity contribution in [1.29, 1.82) is 0 Å². The maximum Gasteiger partial charge on any atom is 0.263 e. The molecule has 2 bridgehead atoms. The zero-order valence-electron chi connectivity index (χ0n) is 18.4. The van der Waals surface area contributed by atoms with Crippen LogP contribution in [-0.4, -0.2) is 51.8 Å². The Morgan fingerprint density at radius 3 is 2.18 bits per heavy atom. The average Bonchev–Trinajstić information content (AvgIpc) is 3.22. The molecule has 2 atom stereocenters. The zero-order chi connectivity index (χ0) is 22.4. The minimum atomic E-state index is -0.209. The Hall–Kier alpha value is -3.51. The molecule has 4 heterocycles. The van der Waals surface area contributed by atoms with Crippen LogP contribution in [0.3, 0.4) is 0 Å².